The molecular weight excluding hydrogens is 386 g/mol. The lowest BCUT2D eigenvalue weighted by Crippen LogP contribution is -2.51. The fraction of sp³-hybridized carbons (Fsp3) is 0.455. The first kappa shape index (κ1) is 21.3. The molecule has 1 aromatic heterocycles. The summed E-state index contributed by atoms with van der Waals surface area (Å²) in [5.74, 6) is 1.19. The molecule has 0 spiro atoms. The number of thiophene rings is 1. The van der Waals surface area contributed by atoms with E-state index in [4.69, 9.17) is 4.74 Å². The molecule has 156 valence electrons. The van der Waals surface area contributed by atoms with Crippen LogP contribution in [0.1, 0.15) is 35.7 Å². The number of hydrogen-bond acceptors (Lipinski definition) is 5. The van der Waals surface area contributed by atoms with Crippen LogP contribution in [0.4, 0.5) is 0 Å². The highest BCUT2D eigenvalue weighted by molar-refractivity contribution is 7.08. The summed E-state index contributed by atoms with van der Waals surface area (Å²) in [6.45, 7) is 8.76. The van der Waals surface area contributed by atoms with Crippen LogP contribution in [0.25, 0.3) is 0 Å². The Balaban J connectivity index is 1.33. The molecule has 0 bridgehead atoms. The lowest BCUT2D eigenvalue weighted by Gasteiger charge is -2.34. The second-order valence-corrected chi connectivity index (χ2v) is 8.28. The van der Waals surface area contributed by atoms with Crippen molar-refractivity contribution in [2.24, 2.45) is 0 Å². The number of amides is 2. The molecule has 0 unspecified atom stereocenters. The molecule has 1 aliphatic rings. The van der Waals surface area contributed by atoms with Crippen LogP contribution in [-0.4, -0.2) is 67.5 Å². The van der Waals surface area contributed by atoms with E-state index in [2.05, 4.69) is 24.1 Å². The first-order chi connectivity index (χ1) is 14.0. The highest BCUT2D eigenvalue weighted by Crippen LogP contribution is 2.18. The largest absolute Gasteiger partial charge is 0.484 e. The summed E-state index contributed by atoms with van der Waals surface area (Å²) in [5, 5.41) is 6.69. The van der Waals surface area contributed by atoms with Crippen LogP contribution in [0.2, 0.25) is 0 Å². The molecular formula is C22H29N3O3S. The van der Waals surface area contributed by atoms with Gasteiger partial charge in [0, 0.05) is 50.2 Å². The van der Waals surface area contributed by atoms with Crippen molar-refractivity contribution in [1.29, 1.82) is 0 Å². The summed E-state index contributed by atoms with van der Waals surface area (Å²) >= 11 is 1.52. The van der Waals surface area contributed by atoms with Gasteiger partial charge in [0.15, 0.2) is 6.61 Å². The molecule has 2 heterocycles. The van der Waals surface area contributed by atoms with E-state index < -0.39 is 0 Å². The van der Waals surface area contributed by atoms with Gasteiger partial charge < -0.3 is 15.0 Å². The topological polar surface area (TPSA) is 61.9 Å². The van der Waals surface area contributed by atoms with Crippen LogP contribution in [0.5, 0.6) is 5.75 Å². The molecule has 7 heteroatoms. The van der Waals surface area contributed by atoms with Gasteiger partial charge >= 0.3 is 0 Å². The summed E-state index contributed by atoms with van der Waals surface area (Å²) in [4.78, 5) is 28.5. The van der Waals surface area contributed by atoms with Crippen molar-refractivity contribution in [2.75, 3.05) is 45.9 Å². The van der Waals surface area contributed by atoms with Crippen molar-refractivity contribution in [3.63, 3.8) is 0 Å². The normalized spacial score (nSPS) is 14.8. The number of nitrogens with zero attached hydrogens (tertiary/aromatic N) is 2. The average Bonchev–Trinajstić information content (AvgIpc) is 3.28. The van der Waals surface area contributed by atoms with Gasteiger partial charge in [0.25, 0.3) is 11.8 Å². The fourth-order valence-corrected chi connectivity index (χ4v) is 3.87. The molecule has 1 fully saturated rings. The summed E-state index contributed by atoms with van der Waals surface area (Å²) in [6, 6.07) is 9.75. The van der Waals surface area contributed by atoms with Gasteiger partial charge in [-0.2, -0.15) is 11.3 Å². The van der Waals surface area contributed by atoms with Crippen molar-refractivity contribution in [3.05, 3.63) is 52.2 Å². The predicted molar refractivity (Wildman–Crippen MR) is 116 cm³/mol. The quantitative estimate of drug-likeness (QED) is 0.720. The van der Waals surface area contributed by atoms with E-state index in [0.29, 0.717) is 31.1 Å². The van der Waals surface area contributed by atoms with E-state index in [-0.39, 0.29) is 18.4 Å². The number of benzene rings is 1. The van der Waals surface area contributed by atoms with Gasteiger partial charge in [0.2, 0.25) is 0 Å². The summed E-state index contributed by atoms with van der Waals surface area (Å²) in [7, 11) is 0. The number of piperazine rings is 1. The summed E-state index contributed by atoms with van der Waals surface area (Å²) in [5.41, 5.74) is 1.97. The Hall–Kier alpha value is -2.38. The molecule has 3 rings (SSSR count). The smallest absolute Gasteiger partial charge is 0.260 e. The minimum Gasteiger partial charge on any atom is -0.484 e. The summed E-state index contributed by atoms with van der Waals surface area (Å²) < 4.78 is 5.66. The van der Waals surface area contributed by atoms with E-state index in [1.807, 2.05) is 46.0 Å². The number of ether oxygens (including phenoxy) is 1. The molecule has 1 aromatic carbocycles. The standard InChI is InChI=1S/C22H29N3O3S/c1-17(2)18-3-5-20(6-4-18)28-15-21(26)25-12-10-24(11-13-25)9-8-23-22(27)19-7-14-29-16-19/h3-7,14,16-17H,8-13,15H2,1-2H3,(H,23,27). The molecule has 2 aromatic rings. The van der Waals surface area contributed by atoms with Crippen LogP contribution in [-0.2, 0) is 4.79 Å². The first-order valence-corrected chi connectivity index (χ1v) is 11.0. The SMILES string of the molecule is CC(C)c1ccc(OCC(=O)N2CCN(CCNC(=O)c3ccsc3)CC2)cc1. The highest BCUT2D eigenvalue weighted by Gasteiger charge is 2.21. The Morgan fingerprint density at radius 2 is 1.83 bits per heavy atom. The zero-order valence-corrected chi connectivity index (χ0v) is 17.9. The van der Waals surface area contributed by atoms with Gasteiger partial charge in [-0.25, -0.2) is 0 Å². The maximum Gasteiger partial charge on any atom is 0.260 e. The van der Waals surface area contributed by atoms with E-state index in [9.17, 15) is 9.59 Å². The van der Waals surface area contributed by atoms with E-state index in [0.717, 1.165) is 25.4 Å². The van der Waals surface area contributed by atoms with Crippen LogP contribution in [0, 0.1) is 0 Å². The molecule has 0 atom stereocenters. The van der Waals surface area contributed by atoms with Crippen LogP contribution < -0.4 is 10.1 Å². The summed E-state index contributed by atoms with van der Waals surface area (Å²) in [6.07, 6.45) is 0. The molecule has 1 saturated heterocycles. The van der Waals surface area contributed by atoms with E-state index in [1.54, 1.807) is 0 Å². The third-order valence-corrected chi connectivity index (χ3v) is 5.81. The molecule has 0 saturated carbocycles. The number of carbonyl (C=O) groups is 2. The highest BCUT2D eigenvalue weighted by atomic mass is 32.1. The van der Waals surface area contributed by atoms with Crippen molar-refractivity contribution in [2.45, 2.75) is 19.8 Å². The van der Waals surface area contributed by atoms with Gasteiger partial charge in [0.1, 0.15) is 5.75 Å². The van der Waals surface area contributed by atoms with Crippen LogP contribution >= 0.6 is 11.3 Å². The van der Waals surface area contributed by atoms with E-state index in [1.165, 1.54) is 16.9 Å². The van der Waals surface area contributed by atoms with Crippen molar-refractivity contribution in [1.82, 2.24) is 15.1 Å². The van der Waals surface area contributed by atoms with Gasteiger partial charge in [-0.1, -0.05) is 26.0 Å². The van der Waals surface area contributed by atoms with Crippen molar-refractivity contribution >= 4 is 23.2 Å². The Bertz CT molecular complexity index is 782. The number of hydrogen-bond donors (Lipinski definition) is 1. The first-order valence-electron chi connectivity index (χ1n) is 10.1. The zero-order chi connectivity index (χ0) is 20.6. The maximum atomic E-state index is 12.4. The van der Waals surface area contributed by atoms with Gasteiger partial charge in [-0.05, 0) is 35.1 Å². The van der Waals surface area contributed by atoms with Gasteiger partial charge in [-0.15, -0.1) is 0 Å². The Morgan fingerprint density at radius 1 is 1.10 bits per heavy atom. The third kappa shape index (κ3) is 6.30. The van der Waals surface area contributed by atoms with Gasteiger partial charge in [-0.3, -0.25) is 14.5 Å². The predicted octanol–water partition coefficient (Wildman–Crippen LogP) is 2.82. The fourth-order valence-electron chi connectivity index (χ4n) is 3.23. The molecule has 29 heavy (non-hydrogen) atoms. The van der Waals surface area contributed by atoms with Gasteiger partial charge in [0.05, 0.1) is 0 Å². The molecule has 1 N–H and O–H groups in total. The van der Waals surface area contributed by atoms with Crippen molar-refractivity contribution < 1.29 is 14.3 Å². The number of carbonyl (C=O) groups excluding carboxylic acids is 2. The van der Waals surface area contributed by atoms with Crippen LogP contribution in [0.3, 0.4) is 0 Å². The monoisotopic (exact) mass is 415 g/mol. The average molecular weight is 416 g/mol. The molecule has 0 aliphatic carbocycles. The Morgan fingerprint density at radius 3 is 2.45 bits per heavy atom. The molecule has 1 aliphatic heterocycles. The second-order valence-electron chi connectivity index (χ2n) is 7.50. The Labute approximate surface area is 176 Å². The van der Waals surface area contributed by atoms with Crippen molar-refractivity contribution in [3.8, 4) is 5.75 Å². The number of rotatable bonds is 8. The number of nitrogens with one attached hydrogen (secondary N) is 1. The zero-order valence-electron chi connectivity index (χ0n) is 17.1. The van der Waals surface area contributed by atoms with Crippen LogP contribution in [0.15, 0.2) is 41.1 Å². The third-order valence-electron chi connectivity index (χ3n) is 5.13. The molecule has 6 nitrogen and oxygen atoms in total. The second kappa shape index (κ2) is 10.4. The minimum absolute atomic E-state index is 0.0170. The molecule has 2 amide bonds. The lowest BCUT2D eigenvalue weighted by molar-refractivity contribution is -0.135. The maximum absolute atomic E-state index is 12.4. The Kier molecular flexibility index (Phi) is 7.66. The lowest BCUT2D eigenvalue weighted by atomic mass is 10.0. The van der Waals surface area contributed by atoms with E-state index >= 15 is 0 Å². The minimum atomic E-state index is -0.0290. The molecule has 0 radical (unpaired) electrons.